The van der Waals surface area contributed by atoms with Gasteiger partial charge in [0.25, 0.3) is 0 Å². The number of rotatable bonds is 2. The molecule has 19 heavy (non-hydrogen) atoms. The number of amides is 1. The number of halogens is 1. The molecule has 0 spiro atoms. The summed E-state index contributed by atoms with van der Waals surface area (Å²) in [7, 11) is -3.78. The Balaban J connectivity index is 2.38. The molecule has 1 aromatic carbocycles. The summed E-state index contributed by atoms with van der Waals surface area (Å²) in [4.78, 5) is 11.4. The van der Waals surface area contributed by atoms with Crippen LogP contribution in [0.15, 0.2) is 23.1 Å². The van der Waals surface area contributed by atoms with Crippen LogP contribution >= 0.6 is 11.6 Å². The van der Waals surface area contributed by atoms with Crippen LogP contribution in [0.4, 0.5) is 5.69 Å². The number of hydrogen-bond acceptors (Lipinski definition) is 4. The highest BCUT2D eigenvalue weighted by molar-refractivity contribution is 7.89. The lowest BCUT2D eigenvalue weighted by molar-refractivity contribution is -0.120. The number of nitrogen functional groups attached to an aromatic ring is 1. The molecule has 0 aliphatic carbocycles. The minimum absolute atomic E-state index is 0.0296. The van der Waals surface area contributed by atoms with Crippen molar-refractivity contribution in [3.63, 3.8) is 0 Å². The predicted octanol–water partition coefficient (Wildman–Crippen LogP) is 0.433. The van der Waals surface area contributed by atoms with Crippen LogP contribution in [0.1, 0.15) is 6.42 Å². The molecule has 1 heterocycles. The minimum Gasteiger partial charge on any atom is -0.399 e. The first-order chi connectivity index (χ1) is 8.91. The Morgan fingerprint density at radius 2 is 2.11 bits per heavy atom. The maximum atomic E-state index is 12.4. The standard InChI is InChI=1S/C11H14ClN3O3S/c12-9-6-8(13)2-3-10(9)19(17,18)15-5-1-4-14-11(16)7-15/h2-3,6H,1,4-5,7,13H2,(H,14,16). The third-order valence-corrected chi connectivity index (χ3v) is 5.13. The number of nitrogens with two attached hydrogens (primary N) is 1. The molecule has 0 unspecified atom stereocenters. The van der Waals surface area contributed by atoms with Crippen LogP contribution in [-0.2, 0) is 14.8 Å². The fourth-order valence-electron chi connectivity index (χ4n) is 1.85. The SMILES string of the molecule is Nc1ccc(S(=O)(=O)N2CCCNC(=O)C2)c(Cl)c1. The maximum Gasteiger partial charge on any atom is 0.245 e. The molecule has 1 aliphatic heterocycles. The fraction of sp³-hybridized carbons (Fsp3) is 0.364. The van der Waals surface area contributed by atoms with Crippen LogP contribution in [0.3, 0.4) is 0 Å². The highest BCUT2D eigenvalue weighted by Gasteiger charge is 2.29. The molecule has 3 N–H and O–H groups in total. The Kier molecular flexibility index (Phi) is 3.98. The van der Waals surface area contributed by atoms with E-state index in [-0.39, 0.29) is 28.9 Å². The molecule has 2 rings (SSSR count). The summed E-state index contributed by atoms with van der Waals surface area (Å²) in [6.07, 6.45) is 0.567. The van der Waals surface area contributed by atoms with E-state index in [0.29, 0.717) is 18.7 Å². The zero-order valence-electron chi connectivity index (χ0n) is 10.1. The summed E-state index contributed by atoms with van der Waals surface area (Å²) in [6, 6.07) is 4.21. The summed E-state index contributed by atoms with van der Waals surface area (Å²) in [5.74, 6) is -0.312. The molecule has 1 aliphatic rings. The van der Waals surface area contributed by atoms with Crippen molar-refractivity contribution < 1.29 is 13.2 Å². The molecular formula is C11H14ClN3O3S. The van der Waals surface area contributed by atoms with Gasteiger partial charge in [0.1, 0.15) is 4.90 Å². The summed E-state index contributed by atoms with van der Waals surface area (Å²) in [5, 5.41) is 2.68. The van der Waals surface area contributed by atoms with Crippen LogP contribution in [0.25, 0.3) is 0 Å². The summed E-state index contributed by atoms with van der Waals surface area (Å²) in [5.41, 5.74) is 5.93. The van der Waals surface area contributed by atoms with E-state index in [4.69, 9.17) is 17.3 Å². The zero-order chi connectivity index (χ0) is 14.0. The third-order valence-electron chi connectivity index (χ3n) is 2.80. The van der Waals surface area contributed by atoms with Crippen molar-refractivity contribution in [1.29, 1.82) is 0 Å². The Labute approximate surface area is 116 Å². The van der Waals surface area contributed by atoms with E-state index in [9.17, 15) is 13.2 Å². The van der Waals surface area contributed by atoms with E-state index in [1.165, 1.54) is 18.2 Å². The largest absolute Gasteiger partial charge is 0.399 e. The predicted molar refractivity (Wildman–Crippen MR) is 72.2 cm³/mol. The number of hydrogen-bond donors (Lipinski definition) is 2. The normalized spacial score (nSPS) is 17.8. The second kappa shape index (κ2) is 5.36. The van der Waals surface area contributed by atoms with Crippen molar-refractivity contribution in [2.24, 2.45) is 0 Å². The lowest BCUT2D eigenvalue weighted by Crippen LogP contribution is -2.37. The molecule has 0 saturated carbocycles. The van der Waals surface area contributed by atoms with Gasteiger partial charge in [0.2, 0.25) is 15.9 Å². The average molecular weight is 304 g/mol. The fourth-order valence-corrected chi connectivity index (χ4v) is 3.81. The average Bonchev–Trinajstić information content (AvgIpc) is 2.53. The molecular weight excluding hydrogens is 290 g/mol. The quantitative estimate of drug-likeness (QED) is 0.775. The van der Waals surface area contributed by atoms with E-state index in [1.54, 1.807) is 0 Å². The molecule has 8 heteroatoms. The lowest BCUT2D eigenvalue weighted by atomic mass is 10.3. The molecule has 1 fully saturated rings. The molecule has 0 atom stereocenters. The number of nitrogens with one attached hydrogen (secondary N) is 1. The monoisotopic (exact) mass is 303 g/mol. The van der Waals surface area contributed by atoms with Gasteiger partial charge in [-0.15, -0.1) is 0 Å². The summed E-state index contributed by atoms with van der Waals surface area (Å²) in [6.45, 7) is 0.561. The van der Waals surface area contributed by atoms with Crippen molar-refractivity contribution >= 4 is 33.2 Å². The van der Waals surface area contributed by atoms with Gasteiger partial charge in [-0.05, 0) is 24.6 Å². The Bertz CT molecular complexity index is 603. The van der Waals surface area contributed by atoms with Gasteiger partial charge in [-0.3, -0.25) is 4.79 Å². The maximum absolute atomic E-state index is 12.4. The lowest BCUT2D eigenvalue weighted by Gasteiger charge is -2.19. The van der Waals surface area contributed by atoms with Crippen LogP contribution < -0.4 is 11.1 Å². The second-order valence-electron chi connectivity index (χ2n) is 4.23. The third kappa shape index (κ3) is 2.99. The van der Waals surface area contributed by atoms with Crippen molar-refractivity contribution in [3.8, 4) is 0 Å². The van der Waals surface area contributed by atoms with Gasteiger partial charge >= 0.3 is 0 Å². The van der Waals surface area contributed by atoms with E-state index in [1.807, 2.05) is 0 Å². The number of carbonyl (C=O) groups is 1. The first-order valence-electron chi connectivity index (χ1n) is 5.73. The molecule has 6 nitrogen and oxygen atoms in total. The summed E-state index contributed by atoms with van der Waals surface area (Å²) >= 11 is 5.92. The molecule has 0 radical (unpaired) electrons. The molecule has 0 aromatic heterocycles. The van der Waals surface area contributed by atoms with Crippen molar-refractivity contribution in [2.75, 3.05) is 25.4 Å². The van der Waals surface area contributed by atoms with Gasteiger partial charge in [0.05, 0.1) is 11.6 Å². The van der Waals surface area contributed by atoms with Gasteiger partial charge in [0, 0.05) is 18.8 Å². The number of carbonyl (C=O) groups excluding carboxylic acids is 1. The van der Waals surface area contributed by atoms with Gasteiger partial charge in [-0.1, -0.05) is 11.6 Å². The Morgan fingerprint density at radius 1 is 1.37 bits per heavy atom. The Hall–Kier alpha value is -1.31. The van der Waals surface area contributed by atoms with Crippen LogP contribution in [-0.4, -0.2) is 38.3 Å². The van der Waals surface area contributed by atoms with E-state index in [2.05, 4.69) is 5.32 Å². The number of anilines is 1. The summed E-state index contributed by atoms with van der Waals surface area (Å²) < 4.78 is 26.0. The number of benzene rings is 1. The zero-order valence-corrected chi connectivity index (χ0v) is 11.7. The van der Waals surface area contributed by atoms with E-state index < -0.39 is 10.0 Å². The minimum atomic E-state index is -3.78. The molecule has 104 valence electrons. The number of nitrogens with zero attached hydrogens (tertiary/aromatic N) is 1. The first-order valence-corrected chi connectivity index (χ1v) is 7.55. The van der Waals surface area contributed by atoms with Gasteiger partial charge in [-0.25, -0.2) is 8.42 Å². The molecule has 1 aromatic rings. The second-order valence-corrected chi connectivity index (χ2v) is 6.55. The van der Waals surface area contributed by atoms with Crippen molar-refractivity contribution in [3.05, 3.63) is 23.2 Å². The van der Waals surface area contributed by atoms with Crippen LogP contribution in [0, 0.1) is 0 Å². The highest BCUT2D eigenvalue weighted by atomic mass is 35.5. The Morgan fingerprint density at radius 3 is 2.79 bits per heavy atom. The topological polar surface area (TPSA) is 92.5 Å². The van der Waals surface area contributed by atoms with Gasteiger partial charge in [-0.2, -0.15) is 4.31 Å². The van der Waals surface area contributed by atoms with Gasteiger partial charge in [0.15, 0.2) is 0 Å². The number of sulfonamides is 1. The smallest absolute Gasteiger partial charge is 0.245 e. The molecule has 0 bridgehead atoms. The first kappa shape index (κ1) is 14.1. The molecule has 1 saturated heterocycles. The van der Waals surface area contributed by atoms with E-state index in [0.717, 1.165) is 4.31 Å². The van der Waals surface area contributed by atoms with E-state index >= 15 is 0 Å². The van der Waals surface area contributed by atoms with Crippen LogP contribution in [0.2, 0.25) is 5.02 Å². The van der Waals surface area contributed by atoms with Gasteiger partial charge < -0.3 is 11.1 Å². The highest BCUT2D eigenvalue weighted by Crippen LogP contribution is 2.26. The van der Waals surface area contributed by atoms with Crippen molar-refractivity contribution in [1.82, 2.24) is 9.62 Å². The van der Waals surface area contributed by atoms with Crippen molar-refractivity contribution in [2.45, 2.75) is 11.3 Å². The molecule has 1 amide bonds. The van der Waals surface area contributed by atoms with Crippen LogP contribution in [0.5, 0.6) is 0 Å².